The summed E-state index contributed by atoms with van der Waals surface area (Å²) in [4.78, 5) is 0. The minimum absolute atomic E-state index is 0.0348. The summed E-state index contributed by atoms with van der Waals surface area (Å²) >= 11 is 0. The molecule has 0 fully saturated rings. The number of aliphatic hydroxyl groups is 2. The molecule has 0 bridgehead atoms. The van der Waals surface area contributed by atoms with E-state index in [2.05, 4.69) is 19.2 Å². The Kier molecular flexibility index (Phi) is 7.59. The molecule has 4 nitrogen and oxygen atoms in total. The molecular weight excluding hydrogens is 254 g/mol. The summed E-state index contributed by atoms with van der Waals surface area (Å²) in [5, 5.41) is 22.1. The van der Waals surface area contributed by atoms with Gasteiger partial charge in [0.15, 0.2) is 0 Å². The number of nitrogens with one attached hydrogen (secondary N) is 1. The van der Waals surface area contributed by atoms with Crippen LogP contribution in [0.2, 0.25) is 0 Å². The number of benzene rings is 1. The van der Waals surface area contributed by atoms with Gasteiger partial charge in [-0.05, 0) is 24.0 Å². The molecule has 4 heteroatoms. The molecule has 0 saturated carbocycles. The van der Waals surface area contributed by atoms with E-state index >= 15 is 0 Å². The summed E-state index contributed by atoms with van der Waals surface area (Å²) in [6.45, 7) is 6.98. The number of rotatable bonds is 9. The maximum Gasteiger partial charge on any atom is 0.122 e. The van der Waals surface area contributed by atoms with Crippen molar-refractivity contribution in [2.45, 2.75) is 45.3 Å². The Morgan fingerprint density at radius 2 is 1.95 bits per heavy atom. The van der Waals surface area contributed by atoms with E-state index in [1.807, 2.05) is 31.2 Å². The first-order chi connectivity index (χ1) is 9.58. The van der Waals surface area contributed by atoms with Crippen molar-refractivity contribution < 1.29 is 14.9 Å². The standard InChI is InChI=1S/C16H27NO3/c1-4-13(10-18)17-9-14(19)11-20-16-8-6-5-7-15(16)12(2)3/h5-8,12-14,17-19H,4,9-11H2,1-3H3/t13-,14-/m0/s1. The van der Waals surface area contributed by atoms with Crippen LogP contribution in [0.4, 0.5) is 0 Å². The Morgan fingerprint density at radius 1 is 1.25 bits per heavy atom. The number of hydrogen-bond acceptors (Lipinski definition) is 4. The molecule has 3 N–H and O–H groups in total. The van der Waals surface area contributed by atoms with Gasteiger partial charge in [-0.2, -0.15) is 0 Å². The molecule has 0 aromatic heterocycles. The van der Waals surface area contributed by atoms with Crippen molar-refractivity contribution in [1.82, 2.24) is 5.32 Å². The molecule has 0 heterocycles. The van der Waals surface area contributed by atoms with Gasteiger partial charge in [0.1, 0.15) is 18.5 Å². The van der Waals surface area contributed by atoms with Crippen LogP contribution in [0, 0.1) is 0 Å². The van der Waals surface area contributed by atoms with Crippen molar-refractivity contribution in [3.8, 4) is 5.75 Å². The summed E-state index contributed by atoms with van der Waals surface area (Å²) < 4.78 is 5.71. The molecule has 0 aliphatic carbocycles. The third-order valence-electron chi connectivity index (χ3n) is 3.33. The zero-order valence-electron chi connectivity index (χ0n) is 12.7. The Labute approximate surface area is 121 Å². The fourth-order valence-corrected chi connectivity index (χ4v) is 1.97. The number of aliphatic hydroxyl groups excluding tert-OH is 2. The van der Waals surface area contributed by atoms with E-state index in [-0.39, 0.29) is 19.3 Å². The highest BCUT2D eigenvalue weighted by molar-refractivity contribution is 5.35. The Morgan fingerprint density at radius 3 is 2.55 bits per heavy atom. The molecule has 0 spiro atoms. The van der Waals surface area contributed by atoms with Gasteiger partial charge in [0.05, 0.1) is 6.61 Å². The molecule has 20 heavy (non-hydrogen) atoms. The Hall–Kier alpha value is -1.10. The summed E-state index contributed by atoms with van der Waals surface area (Å²) in [5.41, 5.74) is 1.15. The van der Waals surface area contributed by atoms with Crippen molar-refractivity contribution in [3.05, 3.63) is 29.8 Å². The lowest BCUT2D eigenvalue weighted by molar-refractivity contribution is 0.0989. The first kappa shape index (κ1) is 17.0. The summed E-state index contributed by atoms with van der Waals surface area (Å²) in [6.07, 6.45) is 0.246. The van der Waals surface area contributed by atoms with Gasteiger partial charge in [-0.25, -0.2) is 0 Å². The van der Waals surface area contributed by atoms with Crippen molar-refractivity contribution in [2.24, 2.45) is 0 Å². The fraction of sp³-hybridized carbons (Fsp3) is 0.625. The minimum Gasteiger partial charge on any atom is -0.491 e. The second-order valence-electron chi connectivity index (χ2n) is 5.35. The van der Waals surface area contributed by atoms with Crippen LogP contribution in [0.1, 0.15) is 38.7 Å². The van der Waals surface area contributed by atoms with E-state index in [0.29, 0.717) is 12.5 Å². The van der Waals surface area contributed by atoms with Crippen LogP contribution < -0.4 is 10.1 Å². The Bertz CT molecular complexity index is 378. The second-order valence-corrected chi connectivity index (χ2v) is 5.35. The molecule has 0 aliphatic rings. The van der Waals surface area contributed by atoms with Crippen LogP contribution in [0.5, 0.6) is 5.75 Å². The maximum absolute atomic E-state index is 9.91. The monoisotopic (exact) mass is 281 g/mol. The molecule has 2 atom stereocenters. The molecule has 1 aromatic carbocycles. The first-order valence-corrected chi connectivity index (χ1v) is 7.32. The average molecular weight is 281 g/mol. The first-order valence-electron chi connectivity index (χ1n) is 7.32. The Balaban J connectivity index is 2.43. The summed E-state index contributed by atoms with van der Waals surface area (Å²) in [7, 11) is 0. The van der Waals surface area contributed by atoms with E-state index in [1.54, 1.807) is 0 Å². The third kappa shape index (κ3) is 5.49. The van der Waals surface area contributed by atoms with Gasteiger partial charge >= 0.3 is 0 Å². The molecule has 1 aromatic rings. The predicted octanol–water partition coefficient (Wildman–Crippen LogP) is 1.91. The molecule has 0 amide bonds. The normalized spacial score (nSPS) is 14.3. The van der Waals surface area contributed by atoms with E-state index in [9.17, 15) is 5.11 Å². The average Bonchev–Trinajstić information content (AvgIpc) is 2.46. The van der Waals surface area contributed by atoms with Crippen LogP contribution in [-0.4, -0.2) is 42.1 Å². The minimum atomic E-state index is -0.587. The highest BCUT2D eigenvalue weighted by atomic mass is 16.5. The van der Waals surface area contributed by atoms with Crippen LogP contribution in [0.25, 0.3) is 0 Å². The van der Waals surface area contributed by atoms with E-state index in [1.165, 1.54) is 0 Å². The van der Waals surface area contributed by atoms with Gasteiger partial charge in [-0.3, -0.25) is 0 Å². The highest BCUT2D eigenvalue weighted by Gasteiger charge is 2.11. The fourth-order valence-electron chi connectivity index (χ4n) is 1.97. The smallest absolute Gasteiger partial charge is 0.122 e. The van der Waals surface area contributed by atoms with Gasteiger partial charge in [0, 0.05) is 12.6 Å². The third-order valence-corrected chi connectivity index (χ3v) is 3.33. The number of ether oxygens (including phenoxy) is 1. The van der Waals surface area contributed by atoms with Crippen molar-refractivity contribution in [3.63, 3.8) is 0 Å². The number of para-hydroxylation sites is 1. The van der Waals surface area contributed by atoms with E-state index in [4.69, 9.17) is 9.84 Å². The van der Waals surface area contributed by atoms with Crippen LogP contribution in [0.3, 0.4) is 0 Å². The molecule has 0 aliphatic heterocycles. The SMILES string of the molecule is CC[C@@H](CO)NC[C@H](O)COc1ccccc1C(C)C. The van der Waals surface area contributed by atoms with Gasteiger partial charge in [-0.1, -0.05) is 39.0 Å². The van der Waals surface area contributed by atoms with Gasteiger partial charge < -0.3 is 20.3 Å². The highest BCUT2D eigenvalue weighted by Crippen LogP contribution is 2.25. The van der Waals surface area contributed by atoms with Crippen molar-refractivity contribution >= 4 is 0 Å². The lowest BCUT2D eigenvalue weighted by Crippen LogP contribution is -2.39. The zero-order valence-corrected chi connectivity index (χ0v) is 12.7. The molecule has 0 unspecified atom stereocenters. The van der Waals surface area contributed by atoms with Crippen molar-refractivity contribution in [1.29, 1.82) is 0 Å². The zero-order chi connectivity index (χ0) is 15.0. The predicted molar refractivity (Wildman–Crippen MR) is 81.2 cm³/mol. The second kappa shape index (κ2) is 8.95. The molecule has 0 radical (unpaired) electrons. The molecule has 114 valence electrons. The van der Waals surface area contributed by atoms with Crippen LogP contribution >= 0.6 is 0 Å². The van der Waals surface area contributed by atoms with Crippen molar-refractivity contribution in [2.75, 3.05) is 19.8 Å². The maximum atomic E-state index is 9.91. The molecular formula is C16H27NO3. The van der Waals surface area contributed by atoms with Gasteiger partial charge in [0.2, 0.25) is 0 Å². The van der Waals surface area contributed by atoms with Crippen LogP contribution in [-0.2, 0) is 0 Å². The summed E-state index contributed by atoms with van der Waals surface area (Å²) in [5.74, 6) is 1.22. The van der Waals surface area contributed by atoms with Gasteiger partial charge in [0.25, 0.3) is 0 Å². The van der Waals surface area contributed by atoms with Gasteiger partial charge in [-0.15, -0.1) is 0 Å². The van der Waals surface area contributed by atoms with E-state index < -0.39 is 6.10 Å². The van der Waals surface area contributed by atoms with E-state index in [0.717, 1.165) is 17.7 Å². The quantitative estimate of drug-likeness (QED) is 0.647. The lowest BCUT2D eigenvalue weighted by Gasteiger charge is -2.19. The lowest BCUT2D eigenvalue weighted by atomic mass is 10.0. The largest absolute Gasteiger partial charge is 0.491 e. The number of hydrogen-bond donors (Lipinski definition) is 3. The van der Waals surface area contributed by atoms with Crippen LogP contribution in [0.15, 0.2) is 24.3 Å². The summed E-state index contributed by atoms with van der Waals surface area (Å²) in [6, 6.07) is 7.94. The molecule has 0 saturated heterocycles. The topological polar surface area (TPSA) is 61.7 Å². The molecule has 1 rings (SSSR count).